The number of aromatic nitrogens is 1. The molecule has 0 aliphatic carbocycles. The third-order valence-corrected chi connectivity index (χ3v) is 5.47. The summed E-state index contributed by atoms with van der Waals surface area (Å²) in [6.45, 7) is 0. The molecule has 4 nitrogen and oxygen atoms in total. The van der Waals surface area contributed by atoms with Gasteiger partial charge in [-0.1, -0.05) is 29.3 Å². The van der Waals surface area contributed by atoms with Gasteiger partial charge < -0.3 is 10.2 Å². The molecule has 1 saturated heterocycles. The van der Waals surface area contributed by atoms with E-state index in [1.807, 2.05) is 0 Å². The van der Waals surface area contributed by atoms with Crippen LogP contribution in [-0.2, 0) is 6.42 Å². The summed E-state index contributed by atoms with van der Waals surface area (Å²) in [5.74, 6) is -1.18. The monoisotopic (exact) mass is 383 g/mol. The highest BCUT2D eigenvalue weighted by molar-refractivity contribution is 6.42. The zero-order chi connectivity index (χ0) is 17.7. The Labute approximate surface area is 152 Å². The predicted molar refractivity (Wildman–Crippen MR) is 90.9 cm³/mol. The van der Waals surface area contributed by atoms with Crippen LogP contribution in [0.4, 0.5) is 19.3 Å². The molecule has 25 heavy (non-hydrogen) atoms. The average molecular weight is 384 g/mol. The lowest BCUT2D eigenvalue weighted by atomic mass is 9.98. The van der Waals surface area contributed by atoms with Gasteiger partial charge in [0.2, 0.25) is 5.95 Å². The lowest BCUT2D eigenvalue weighted by molar-refractivity contribution is 0.178. The second-order valence-electron chi connectivity index (χ2n) is 6.20. The number of hydrogen-bond acceptors (Lipinski definition) is 2. The van der Waals surface area contributed by atoms with Gasteiger partial charge in [0.05, 0.1) is 27.5 Å². The fourth-order valence-corrected chi connectivity index (χ4v) is 3.98. The van der Waals surface area contributed by atoms with E-state index in [4.69, 9.17) is 23.2 Å². The zero-order valence-corrected chi connectivity index (χ0v) is 14.4. The quantitative estimate of drug-likeness (QED) is 0.558. The first-order valence-electron chi connectivity index (χ1n) is 7.83. The average Bonchev–Trinajstić information content (AvgIpc) is 2.88. The Bertz CT molecular complexity index is 877. The van der Waals surface area contributed by atoms with Crippen molar-refractivity contribution >= 4 is 34.9 Å². The largest absolute Gasteiger partial charge is 0.322 e. The van der Waals surface area contributed by atoms with Gasteiger partial charge in [-0.25, -0.2) is 14.2 Å². The SMILES string of the molecule is O=C(Nc1cc(Cl)c(Cl)cc1F)N1C2CCC1c1ccc(F)nc1C2. The lowest BCUT2D eigenvalue weighted by Crippen LogP contribution is -2.44. The minimum Gasteiger partial charge on any atom is -0.314 e. The van der Waals surface area contributed by atoms with Crippen LogP contribution in [0.25, 0.3) is 0 Å². The van der Waals surface area contributed by atoms with Gasteiger partial charge in [0.1, 0.15) is 5.82 Å². The topological polar surface area (TPSA) is 45.2 Å². The number of nitrogens with zero attached hydrogens (tertiary/aromatic N) is 2. The molecular weight excluding hydrogens is 371 g/mol. The molecular formula is C17H13Cl2F2N3O. The Balaban J connectivity index is 1.62. The van der Waals surface area contributed by atoms with Crippen LogP contribution < -0.4 is 5.32 Å². The molecule has 2 unspecified atom stereocenters. The van der Waals surface area contributed by atoms with Crippen molar-refractivity contribution in [3.8, 4) is 0 Å². The molecule has 1 fully saturated rings. The van der Waals surface area contributed by atoms with Gasteiger partial charge in [-0.15, -0.1) is 0 Å². The number of urea groups is 1. The first-order chi connectivity index (χ1) is 11.9. The molecule has 1 N–H and O–H groups in total. The molecule has 130 valence electrons. The van der Waals surface area contributed by atoms with Crippen molar-refractivity contribution in [2.24, 2.45) is 0 Å². The van der Waals surface area contributed by atoms with Crippen LogP contribution in [0.5, 0.6) is 0 Å². The van der Waals surface area contributed by atoms with Crippen molar-refractivity contribution in [3.05, 3.63) is 57.3 Å². The van der Waals surface area contributed by atoms with E-state index in [1.54, 1.807) is 11.0 Å². The van der Waals surface area contributed by atoms with E-state index in [9.17, 15) is 13.6 Å². The van der Waals surface area contributed by atoms with E-state index in [-0.39, 0.29) is 27.8 Å². The molecule has 2 aromatic rings. The second kappa shape index (κ2) is 6.11. The summed E-state index contributed by atoms with van der Waals surface area (Å²) in [4.78, 5) is 18.4. The first kappa shape index (κ1) is 16.5. The molecule has 4 rings (SSSR count). The van der Waals surface area contributed by atoms with Gasteiger partial charge in [0, 0.05) is 12.5 Å². The Hall–Kier alpha value is -1.92. The van der Waals surface area contributed by atoms with Crippen LogP contribution in [0.2, 0.25) is 10.0 Å². The number of benzene rings is 1. The number of halogens is 4. The summed E-state index contributed by atoms with van der Waals surface area (Å²) in [5.41, 5.74) is 1.51. The minimum absolute atomic E-state index is 0.0261. The highest BCUT2D eigenvalue weighted by atomic mass is 35.5. The second-order valence-corrected chi connectivity index (χ2v) is 7.02. The van der Waals surface area contributed by atoms with Crippen molar-refractivity contribution in [2.75, 3.05) is 5.32 Å². The van der Waals surface area contributed by atoms with Crippen molar-refractivity contribution < 1.29 is 13.6 Å². The number of fused-ring (bicyclic) bond motifs is 4. The Kier molecular flexibility index (Phi) is 4.04. The highest BCUT2D eigenvalue weighted by Crippen LogP contribution is 2.43. The van der Waals surface area contributed by atoms with Gasteiger partial charge in [-0.3, -0.25) is 0 Å². The fraction of sp³-hybridized carbons (Fsp3) is 0.294. The van der Waals surface area contributed by atoms with Crippen LogP contribution >= 0.6 is 23.2 Å². The molecule has 0 radical (unpaired) electrons. The van der Waals surface area contributed by atoms with Gasteiger partial charge in [0.25, 0.3) is 0 Å². The molecule has 1 aromatic heterocycles. The minimum atomic E-state index is -0.656. The third-order valence-electron chi connectivity index (χ3n) is 4.75. The van der Waals surface area contributed by atoms with E-state index < -0.39 is 17.8 Å². The van der Waals surface area contributed by atoms with E-state index in [0.717, 1.165) is 24.5 Å². The number of nitrogens with one attached hydrogen (secondary N) is 1. The molecule has 2 aliphatic rings. The van der Waals surface area contributed by atoms with Gasteiger partial charge in [-0.05, 0) is 36.6 Å². The van der Waals surface area contributed by atoms with Gasteiger partial charge >= 0.3 is 6.03 Å². The molecule has 2 aliphatic heterocycles. The number of anilines is 1. The highest BCUT2D eigenvalue weighted by Gasteiger charge is 2.43. The number of carbonyl (C=O) groups is 1. The molecule has 0 spiro atoms. The number of carbonyl (C=O) groups excluding carboxylic acids is 1. The van der Waals surface area contributed by atoms with Gasteiger partial charge in [-0.2, -0.15) is 4.39 Å². The van der Waals surface area contributed by atoms with E-state index in [1.165, 1.54) is 12.1 Å². The van der Waals surface area contributed by atoms with Crippen molar-refractivity contribution in [1.82, 2.24) is 9.88 Å². The molecule has 2 atom stereocenters. The maximum absolute atomic E-state index is 14.0. The zero-order valence-electron chi connectivity index (χ0n) is 12.9. The Morgan fingerprint density at radius 2 is 1.96 bits per heavy atom. The van der Waals surface area contributed by atoms with Crippen LogP contribution in [0.3, 0.4) is 0 Å². The maximum Gasteiger partial charge on any atom is 0.322 e. The van der Waals surface area contributed by atoms with E-state index >= 15 is 0 Å². The van der Waals surface area contributed by atoms with Crippen LogP contribution in [-0.4, -0.2) is 22.0 Å². The number of rotatable bonds is 1. The maximum atomic E-state index is 14.0. The standard InChI is InChI=1S/C17H13Cl2F2N3O/c18-10-6-12(20)14(7-11(10)19)23-17(25)24-8-1-3-15(24)9-2-4-16(21)22-13(9)5-8/h2,4,6-8,15H,1,3,5H2,(H,23,25). The molecule has 2 amide bonds. The summed E-state index contributed by atoms with van der Waals surface area (Å²) in [7, 11) is 0. The smallest absolute Gasteiger partial charge is 0.314 e. The summed E-state index contributed by atoms with van der Waals surface area (Å²) >= 11 is 11.7. The van der Waals surface area contributed by atoms with E-state index in [0.29, 0.717) is 12.1 Å². The van der Waals surface area contributed by atoms with Gasteiger partial charge in [0.15, 0.2) is 0 Å². The third kappa shape index (κ3) is 2.83. The van der Waals surface area contributed by atoms with Crippen molar-refractivity contribution in [2.45, 2.75) is 31.3 Å². The van der Waals surface area contributed by atoms with Crippen molar-refractivity contribution in [1.29, 1.82) is 0 Å². The lowest BCUT2D eigenvalue weighted by Gasteiger charge is -2.35. The summed E-state index contributed by atoms with van der Waals surface area (Å²) < 4.78 is 27.4. The summed E-state index contributed by atoms with van der Waals surface area (Å²) in [5, 5.41) is 2.80. The number of hydrogen-bond donors (Lipinski definition) is 1. The number of pyridine rings is 1. The normalized spacial score (nSPS) is 21.2. The fourth-order valence-electron chi connectivity index (χ4n) is 3.67. The molecule has 2 bridgehead atoms. The summed E-state index contributed by atoms with van der Waals surface area (Å²) in [6.07, 6.45) is 2.04. The van der Waals surface area contributed by atoms with Crippen LogP contribution in [0.15, 0.2) is 24.3 Å². The Morgan fingerprint density at radius 3 is 2.76 bits per heavy atom. The predicted octanol–water partition coefficient (Wildman–Crippen LogP) is 4.96. The summed E-state index contributed by atoms with van der Waals surface area (Å²) in [6, 6.07) is 4.63. The molecule has 3 heterocycles. The van der Waals surface area contributed by atoms with Crippen LogP contribution in [0, 0.1) is 11.8 Å². The molecule has 1 aromatic carbocycles. The molecule has 0 saturated carbocycles. The van der Waals surface area contributed by atoms with Crippen molar-refractivity contribution in [3.63, 3.8) is 0 Å². The van der Waals surface area contributed by atoms with E-state index in [2.05, 4.69) is 10.3 Å². The first-order valence-corrected chi connectivity index (χ1v) is 8.59. The number of amides is 2. The van der Waals surface area contributed by atoms with Crippen LogP contribution in [0.1, 0.15) is 30.1 Å². The Morgan fingerprint density at radius 1 is 1.20 bits per heavy atom. The molecule has 8 heteroatoms.